The highest BCUT2D eigenvalue weighted by atomic mass is 15.0. The van der Waals surface area contributed by atoms with Crippen molar-refractivity contribution >= 4 is 10.9 Å². The van der Waals surface area contributed by atoms with E-state index < -0.39 is 0 Å². The van der Waals surface area contributed by atoms with Gasteiger partial charge in [0.25, 0.3) is 0 Å². The number of fused-ring (bicyclic) bond motifs is 1. The Morgan fingerprint density at radius 2 is 2.05 bits per heavy atom. The molecule has 0 aliphatic carbocycles. The maximum Gasteiger partial charge on any atom is 0.0483 e. The van der Waals surface area contributed by atoms with Crippen LogP contribution in [0.25, 0.3) is 10.9 Å². The van der Waals surface area contributed by atoms with Gasteiger partial charge in [-0.1, -0.05) is 38.1 Å². The third-order valence-electron chi connectivity index (χ3n) is 3.87. The second-order valence-corrected chi connectivity index (χ2v) is 6.01. The minimum atomic E-state index is 0.589. The van der Waals surface area contributed by atoms with Crippen molar-refractivity contribution in [2.24, 2.45) is 0 Å². The molecule has 1 aromatic carbocycles. The summed E-state index contributed by atoms with van der Waals surface area (Å²) >= 11 is 0. The third-order valence-corrected chi connectivity index (χ3v) is 3.87. The van der Waals surface area contributed by atoms with Gasteiger partial charge in [-0.25, -0.2) is 0 Å². The highest BCUT2D eigenvalue weighted by molar-refractivity contribution is 5.83. The molecule has 2 rings (SSSR count). The number of hydrogen-bond acceptors (Lipinski definition) is 1. The molecular weight excluding hydrogens is 256 g/mol. The lowest BCUT2D eigenvalue weighted by molar-refractivity contribution is 0.557. The summed E-state index contributed by atoms with van der Waals surface area (Å²) in [5, 5.41) is 4.90. The Labute approximate surface area is 128 Å². The third kappa shape index (κ3) is 4.47. The molecule has 0 saturated heterocycles. The van der Waals surface area contributed by atoms with Crippen LogP contribution in [-0.4, -0.2) is 17.2 Å². The van der Waals surface area contributed by atoms with Crippen molar-refractivity contribution in [3.05, 3.63) is 48.7 Å². The molecule has 1 N–H and O–H groups in total. The molecule has 1 heterocycles. The highest BCUT2D eigenvalue weighted by Gasteiger charge is 2.07. The summed E-state index contributed by atoms with van der Waals surface area (Å²) in [7, 11) is 0. The molecule has 0 saturated carbocycles. The summed E-state index contributed by atoms with van der Waals surface area (Å²) in [5.41, 5.74) is 2.84. The van der Waals surface area contributed by atoms with Crippen LogP contribution in [0.2, 0.25) is 0 Å². The molecule has 2 nitrogen and oxygen atoms in total. The van der Waals surface area contributed by atoms with E-state index in [0.717, 1.165) is 19.5 Å². The Morgan fingerprint density at radius 3 is 2.81 bits per heavy atom. The number of aromatic nitrogens is 1. The molecule has 0 aliphatic heterocycles. The topological polar surface area (TPSA) is 17.0 Å². The summed E-state index contributed by atoms with van der Waals surface area (Å²) < 4.78 is 2.37. The molecule has 0 atom stereocenters. The second kappa shape index (κ2) is 8.04. The van der Waals surface area contributed by atoms with Crippen LogP contribution in [-0.2, 0) is 13.0 Å². The van der Waals surface area contributed by atoms with E-state index in [1.165, 1.54) is 35.7 Å². The van der Waals surface area contributed by atoms with E-state index in [0.29, 0.717) is 6.04 Å². The first-order valence-electron chi connectivity index (χ1n) is 8.13. The standard InChI is InChI=1S/C19H28N2/c1-4-5-14-21-15-17(10-8-9-13-20-16(2)3)18-11-6-7-12-19(18)21/h4,6-7,11-12,15-16,20H,1,5,8-10,13-14H2,2-3H3. The Morgan fingerprint density at radius 1 is 1.24 bits per heavy atom. The van der Waals surface area contributed by atoms with Crippen molar-refractivity contribution in [2.45, 2.75) is 52.1 Å². The number of rotatable bonds is 9. The Kier molecular flexibility index (Phi) is 6.06. The summed E-state index contributed by atoms with van der Waals surface area (Å²) in [6, 6.07) is 9.34. The minimum absolute atomic E-state index is 0.589. The number of unbranched alkanes of at least 4 members (excludes halogenated alkanes) is 1. The maximum atomic E-state index is 3.83. The van der Waals surface area contributed by atoms with Crippen molar-refractivity contribution in [1.29, 1.82) is 0 Å². The molecule has 2 aromatic rings. The maximum absolute atomic E-state index is 3.83. The fourth-order valence-electron chi connectivity index (χ4n) is 2.77. The molecule has 0 spiro atoms. The SMILES string of the molecule is C=CCCn1cc(CCCCNC(C)C)c2ccccc21. The molecule has 0 radical (unpaired) electrons. The van der Waals surface area contributed by atoms with Gasteiger partial charge in [-0.15, -0.1) is 6.58 Å². The lowest BCUT2D eigenvalue weighted by Crippen LogP contribution is -2.23. The normalized spacial score (nSPS) is 11.4. The zero-order valence-electron chi connectivity index (χ0n) is 13.4. The number of allylic oxidation sites excluding steroid dienone is 1. The number of nitrogens with one attached hydrogen (secondary N) is 1. The zero-order valence-corrected chi connectivity index (χ0v) is 13.4. The quantitative estimate of drug-likeness (QED) is 0.528. The van der Waals surface area contributed by atoms with Gasteiger partial charge in [-0.3, -0.25) is 0 Å². The van der Waals surface area contributed by atoms with E-state index in [4.69, 9.17) is 0 Å². The molecule has 0 aliphatic rings. The van der Waals surface area contributed by atoms with E-state index in [1.54, 1.807) is 0 Å². The summed E-state index contributed by atoms with van der Waals surface area (Å²) in [6.07, 6.45) is 9.01. The molecule has 2 heteroatoms. The van der Waals surface area contributed by atoms with Crippen LogP contribution >= 0.6 is 0 Å². The van der Waals surface area contributed by atoms with E-state index in [-0.39, 0.29) is 0 Å². The summed E-state index contributed by atoms with van der Waals surface area (Å²) in [4.78, 5) is 0. The lowest BCUT2D eigenvalue weighted by Gasteiger charge is -2.07. The first-order valence-corrected chi connectivity index (χ1v) is 8.13. The molecule has 21 heavy (non-hydrogen) atoms. The van der Waals surface area contributed by atoms with Gasteiger partial charge >= 0.3 is 0 Å². The minimum Gasteiger partial charge on any atom is -0.347 e. The van der Waals surface area contributed by atoms with E-state index >= 15 is 0 Å². The van der Waals surface area contributed by atoms with Gasteiger partial charge < -0.3 is 9.88 Å². The van der Waals surface area contributed by atoms with Crippen LogP contribution in [0.3, 0.4) is 0 Å². The fourth-order valence-corrected chi connectivity index (χ4v) is 2.77. The van der Waals surface area contributed by atoms with E-state index in [1.807, 2.05) is 6.08 Å². The van der Waals surface area contributed by atoms with Crippen LogP contribution in [0.1, 0.15) is 38.7 Å². The van der Waals surface area contributed by atoms with Crippen molar-refractivity contribution < 1.29 is 0 Å². The molecule has 0 fully saturated rings. The van der Waals surface area contributed by atoms with Crippen molar-refractivity contribution in [3.8, 4) is 0 Å². The zero-order chi connectivity index (χ0) is 15.1. The Balaban J connectivity index is 2.00. The molecule has 0 unspecified atom stereocenters. The smallest absolute Gasteiger partial charge is 0.0483 e. The number of para-hydroxylation sites is 1. The van der Waals surface area contributed by atoms with Gasteiger partial charge in [0.2, 0.25) is 0 Å². The van der Waals surface area contributed by atoms with Crippen molar-refractivity contribution in [3.63, 3.8) is 0 Å². The first kappa shape index (κ1) is 15.8. The van der Waals surface area contributed by atoms with Crippen LogP contribution in [0.4, 0.5) is 0 Å². The van der Waals surface area contributed by atoms with Crippen LogP contribution < -0.4 is 5.32 Å². The fraction of sp³-hybridized carbons (Fsp3) is 0.474. The van der Waals surface area contributed by atoms with Gasteiger partial charge in [-0.05, 0) is 43.9 Å². The van der Waals surface area contributed by atoms with Crippen molar-refractivity contribution in [2.75, 3.05) is 6.54 Å². The summed E-state index contributed by atoms with van der Waals surface area (Å²) in [5.74, 6) is 0. The van der Waals surface area contributed by atoms with Gasteiger partial charge in [0.15, 0.2) is 0 Å². The van der Waals surface area contributed by atoms with Gasteiger partial charge in [0.05, 0.1) is 0 Å². The molecule has 0 amide bonds. The van der Waals surface area contributed by atoms with E-state index in [9.17, 15) is 0 Å². The second-order valence-electron chi connectivity index (χ2n) is 6.01. The van der Waals surface area contributed by atoms with Gasteiger partial charge in [-0.2, -0.15) is 0 Å². The predicted octanol–water partition coefficient (Wildman–Crippen LogP) is 4.54. The number of nitrogens with zero attached hydrogens (tertiary/aromatic N) is 1. The van der Waals surface area contributed by atoms with Crippen LogP contribution in [0.15, 0.2) is 43.1 Å². The molecule has 1 aromatic heterocycles. The largest absolute Gasteiger partial charge is 0.347 e. The first-order chi connectivity index (χ1) is 10.2. The van der Waals surface area contributed by atoms with Gasteiger partial charge in [0.1, 0.15) is 0 Å². The van der Waals surface area contributed by atoms with Crippen LogP contribution in [0.5, 0.6) is 0 Å². The van der Waals surface area contributed by atoms with Gasteiger partial charge in [0, 0.05) is 29.7 Å². The van der Waals surface area contributed by atoms with E-state index in [2.05, 4.69) is 60.8 Å². The molecular formula is C19H28N2. The lowest BCUT2D eigenvalue weighted by atomic mass is 10.1. The van der Waals surface area contributed by atoms with Crippen molar-refractivity contribution in [1.82, 2.24) is 9.88 Å². The number of hydrogen-bond donors (Lipinski definition) is 1. The average molecular weight is 284 g/mol. The Hall–Kier alpha value is -1.54. The number of aryl methyl sites for hydroxylation is 2. The van der Waals surface area contributed by atoms with Crippen LogP contribution in [0, 0.1) is 0 Å². The average Bonchev–Trinajstić information content (AvgIpc) is 2.83. The molecule has 114 valence electrons. The Bertz CT molecular complexity index is 566. The monoisotopic (exact) mass is 284 g/mol. The summed E-state index contributed by atoms with van der Waals surface area (Å²) in [6.45, 7) is 10.4. The number of benzene rings is 1. The molecule has 0 bridgehead atoms. The highest BCUT2D eigenvalue weighted by Crippen LogP contribution is 2.23. The predicted molar refractivity (Wildman–Crippen MR) is 92.8 cm³/mol.